The molecule has 4 rings (SSSR count). The molecule has 0 saturated heterocycles. The maximum atomic E-state index is 12.9. The lowest BCUT2D eigenvalue weighted by atomic mass is 9.61. The number of benzene rings is 2. The lowest BCUT2D eigenvalue weighted by Crippen LogP contribution is -2.42. The standard InChI is InChI=1S/C27H28O2/c1-19-24-9-6-10-25(28)27(24,2)18-23(26(19)29)17-22-15-13-21(14-16-22)12-11-20-7-4-3-5-8-20/h3-5,7-8,11-17,25,28H,6,9-10,18H2,1-2H3/b12-11?,23-17+/t25-,27-/m0/s1. The molecule has 1 fully saturated rings. The van der Waals surface area contributed by atoms with Gasteiger partial charge in [0.25, 0.3) is 0 Å². The summed E-state index contributed by atoms with van der Waals surface area (Å²) in [5.41, 5.74) is 5.83. The molecular weight excluding hydrogens is 356 g/mol. The van der Waals surface area contributed by atoms with E-state index in [1.54, 1.807) is 0 Å². The van der Waals surface area contributed by atoms with Crippen molar-refractivity contribution in [1.82, 2.24) is 0 Å². The van der Waals surface area contributed by atoms with Crippen LogP contribution in [0.3, 0.4) is 0 Å². The first-order chi connectivity index (χ1) is 14.0. The third kappa shape index (κ3) is 3.90. The normalized spacial score (nSPS) is 26.2. The van der Waals surface area contributed by atoms with Crippen molar-refractivity contribution in [3.63, 3.8) is 0 Å². The van der Waals surface area contributed by atoms with Crippen molar-refractivity contribution in [2.75, 3.05) is 0 Å². The number of Topliss-reactive ketones (excluding diaryl/α,β-unsaturated/α-hetero) is 1. The van der Waals surface area contributed by atoms with Gasteiger partial charge in [0.15, 0.2) is 5.78 Å². The first-order valence-corrected chi connectivity index (χ1v) is 10.4. The molecule has 2 aliphatic carbocycles. The maximum absolute atomic E-state index is 12.9. The summed E-state index contributed by atoms with van der Waals surface area (Å²) in [5, 5.41) is 10.7. The highest BCUT2D eigenvalue weighted by atomic mass is 16.3. The minimum Gasteiger partial charge on any atom is -0.392 e. The fraction of sp³-hybridized carbons (Fsp3) is 0.296. The molecule has 1 saturated carbocycles. The van der Waals surface area contributed by atoms with E-state index in [2.05, 4.69) is 55.5 Å². The molecule has 0 heterocycles. The van der Waals surface area contributed by atoms with Crippen LogP contribution in [0.4, 0.5) is 0 Å². The number of ketones is 1. The van der Waals surface area contributed by atoms with Crippen LogP contribution < -0.4 is 0 Å². The number of allylic oxidation sites excluding steroid dienone is 2. The van der Waals surface area contributed by atoms with Gasteiger partial charge in [0.05, 0.1) is 6.10 Å². The number of aliphatic hydroxyl groups is 1. The van der Waals surface area contributed by atoms with Crippen molar-refractivity contribution in [2.45, 2.75) is 45.6 Å². The van der Waals surface area contributed by atoms with Crippen molar-refractivity contribution >= 4 is 24.0 Å². The second-order valence-corrected chi connectivity index (χ2v) is 8.52. The maximum Gasteiger partial charge on any atom is 0.184 e. The molecule has 2 aliphatic rings. The van der Waals surface area contributed by atoms with Crippen LogP contribution in [-0.2, 0) is 4.79 Å². The van der Waals surface area contributed by atoms with Crippen LogP contribution >= 0.6 is 0 Å². The second-order valence-electron chi connectivity index (χ2n) is 8.52. The third-order valence-corrected chi connectivity index (χ3v) is 6.52. The van der Waals surface area contributed by atoms with E-state index in [-0.39, 0.29) is 17.3 Å². The molecule has 0 bridgehead atoms. The van der Waals surface area contributed by atoms with Gasteiger partial charge in [-0.3, -0.25) is 4.79 Å². The highest BCUT2D eigenvalue weighted by molar-refractivity contribution is 6.12. The summed E-state index contributed by atoms with van der Waals surface area (Å²) in [7, 11) is 0. The van der Waals surface area contributed by atoms with E-state index in [1.165, 1.54) is 11.1 Å². The summed E-state index contributed by atoms with van der Waals surface area (Å²) in [6, 6.07) is 18.5. The smallest absolute Gasteiger partial charge is 0.184 e. The van der Waals surface area contributed by atoms with Gasteiger partial charge in [0.2, 0.25) is 0 Å². The number of hydrogen-bond acceptors (Lipinski definition) is 2. The van der Waals surface area contributed by atoms with Crippen molar-refractivity contribution in [2.24, 2.45) is 5.41 Å². The molecule has 0 spiro atoms. The zero-order valence-corrected chi connectivity index (χ0v) is 17.2. The fourth-order valence-corrected chi connectivity index (χ4v) is 4.75. The average Bonchev–Trinajstić information content (AvgIpc) is 2.74. The molecule has 0 aliphatic heterocycles. The monoisotopic (exact) mass is 384 g/mol. The van der Waals surface area contributed by atoms with Gasteiger partial charge < -0.3 is 5.11 Å². The van der Waals surface area contributed by atoms with E-state index in [9.17, 15) is 9.90 Å². The summed E-state index contributed by atoms with van der Waals surface area (Å²) in [6.45, 7) is 4.05. The van der Waals surface area contributed by atoms with Crippen molar-refractivity contribution in [3.8, 4) is 0 Å². The zero-order chi connectivity index (χ0) is 20.4. The number of carbonyl (C=O) groups is 1. The zero-order valence-electron chi connectivity index (χ0n) is 17.2. The van der Waals surface area contributed by atoms with Crippen LogP contribution in [0, 0.1) is 5.41 Å². The topological polar surface area (TPSA) is 37.3 Å². The van der Waals surface area contributed by atoms with Crippen molar-refractivity contribution < 1.29 is 9.90 Å². The lowest BCUT2D eigenvalue weighted by Gasteiger charge is -2.45. The van der Waals surface area contributed by atoms with Crippen LogP contribution in [0.5, 0.6) is 0 Å². The number of hydrogen-bond donors (Lipinski definition) is 1. The predicted octanol–water partition coefficient (Wildman–Crippen LogP) is 6.08. The predicted molar refractivity (Wildman–Crippen MR) is 120 cm³/mol. The van der Waals surface area contributed by atoms with E-state index >= 15 is 0 Å². The van der Waals surface area contributed by atoms with Gasteiger partial charge >= 0.3 is 0 Å². The summed E-state index contributed by atoms with van der Waals surface area (Å²) in [6.07, 6.45) is 9.15. The first kappa shape index (κ1) is 19.6. The summed E-state index contributed by atoms with van der Waals surface area (Å²) in [5.74, 6) is 0.139. The molecule has 1 N–H and O–H groups in total. The second kappa shape index (κ2) is 7.96. The van der Waals surface area contributed by atoms with Gasteiger partial charge in [0, 0.05) is 11.0 Å². The Hall–Kier alpha value is -2.71. The van der Waals surface area contributed by atoms with Crippen LogP contribution in [-0.4, -0.2) is 17.0 Å². The number of carbonyl (C=O) groups excluding carboxylic acids is 1. The van der Waals surface area contributed by atoms with Gasteiger partial charge in [-0.1, -0.05) is 79.2 Å². The minimum atomic E-state index is -0.372. The first-order valence-electron chi connectivity index (χ1n) is 10.4. The molecule has 0 amide bonds. The highest BCUT2D eigenvalue weighted by Crippen LogP contribution is 2.50. The Morgan fingerprint density at radius 1 is 0.966 bits per heavy atom. The Labute approximate surface area is 173 Å². The van der Waals surface area contributed by atoms with Crippen LogP contribution in [0.25, 0.3) is 18.2 Å². The Bertz CT molecular complexity index is 993. The Balaban J connectivity index is 1.57. The lowest BCUT2D eigenvalue weighted by molar-refractivity contribution is -0.113. The van der Waals surface area contributed by atoms with Gasteiger partial charge in [-0.2, -0.15) is 0 Å². The Kier molecular flexibility index (Phi) is 5.38. The molecule has 2 atom stereocenters. The number of aliphatic hydroxyl groups excluding tert-OH is 1. The molecule has 148 valence electrons. The Morgan fingerprint density at radius 2 is 1.59 bits per heavy atom. The van der Waals surface area contributed by atoms with Crippen molar-refractivity contribution in [3.05, 3.63) is 88.0 Å². The number of rotatable bonds is 3. The van der Waals surface area contributed by atoms with Crippen LogP contribution in [0.1, 0.15) is 56.2 Å². The molecular formula is C27H28O2. The molecule has 2 aromatic rings. The third-order valence-electron chi connectivity index (χ3n) is 6.52. The van der Waals surface area contributed by atoms with E-state index < -0.39 is 0 Å². The van der Waals surface area contributed by atoms with Crippen molar-refractivity contribution in [1.29, 1.82) is 0 Å². The average molecular weight is 385 g/mol. The quantitative estimate of drug-likeness (QED) is 0.514. The summed E-state index contributed by atoms with van der Waals surface area (Å²) in [4.78, 5) is 12.9. The molecule has 0 unspecified atom stereocenters. The van der Waals surface area contributed by atoms with Gasteiger partial charge in [-0.25, -0.2) is 0 Å². The minimum absolute atomic E-state index is 0.139. The molecule has 2 nitrogen and oxygen atoms in total. The molecule has 29 heavy (non-hydrogen) atoms. The van der Waals surface area contributed by atoms with E-state index in [1.807, 2.05) is 31.2 Å². The van der Waals surface area contributed by atoms with Gasteiger partial charge in [-0.15, -0.1) is 0 Å². The van der Waals surface area contributed by atoms with E-state index in [0.29, 0.717) is 6.42 Å². The molecule has 0 radical (unpaired) electrons. The molecule has 2 heteroatoms. The van der Waals surface area contributed by atoms with E-state index in [0.717, 1.165) is 41.5 Å². The Morgan fingerprint density at radius 3 is 2.28 bits per heavy atom. The molecule has 0 aromatic heterocycles. The van der Waals surface area contributed by atoms with Crippen LogP contribution in [0.2, 0.25) is 0 Å². The summed E-state index contributed by atoms with van der Waals surface area (Å²) >= 11 is 0. The SMILES string of the molecule is CC1=C2CCC[C@H](O)[C@@]2(C)C/C(=C\c2ccc(C=Cc3ccccc3)cc2)C1=O. The largest absolute Gasteiger partial charge is 0.392 e. The summed E-state index contributed by atoms with van der Waals surface area (Å²) < 4.78 is 0. The van der Waals surface area contributed by atoms with Crippen LogP contribution in [0.15, 0.2) is 71.3 Å². The van der Waals surface area contributed by atoms with Gasteiger partial charge in [0.1, 0.15) is 0 Å². The molecule has 2 aromatic carbocycles. The number of fused-ring (bicyclic) bond motifs is 1. The highest BCUT2D eigenvalue weighted by Gasteiger charge is 2.45. The van der Waals surface area contributed by atoms with E-state index in [4.69, 9.17) is 0 Å². The fourth-order valence-electron chi connectivity index (χ4n) is 4.75. The van der Waals surface area contributed by atoms with Gasteiger partial charge in [-0.05, 0) is 60.9 Å².